The molecule has 0 spiro atoms. The minimum Gasteiger partial charge on any atom is -0.468 e. The van der Waals surface area contributed by atoms with Gasteiger partial charge in [-0.05, 0) is 18.9 Å². The Bertz CT molecular complexity index is 702. The van der Waals surface area contributed by atoms with Gasteiger partial charge in [0.2, 0.25) is 0 Å². The van der Waals surface area contributed by atoms with Crippen molar-refractivity contribution in [1.29, 1.82) is 0 Å². The number of ether oxygens (including phenoxy) is 1. The fourth-order valence-electron chi connectivity index (χ4n) is 2.06. The zero-order valence-electron chi connectivity index (χ0n) is 12.4. The molecule has 0 aliphatic heterocycles. The molecule has 0 fully saturated rings. The number of carbonyl (C=O) groups is 1. The Labute approximate surface area is 123 Å². The van der Waals surface area contributed by atoms with Crippen LogP contribution in [-0.2, 0) is 13.0 Å². The van der Waals surface area contributed by atoms with E-state index in [0.717, 1.165) is 6.42 Å². The van der Waals surface area contributed by atoms with Gasteiger partial charge in [0.05, 0.1) is 13.7 Å². The normalized spacial score (nSPS) is 10.4. The predicted molar refractivity (Wildman–Crippen MR) is 79.9 cm³/mol. The van der Waals surface area contributed by atoms with Crippen molar-refractivity contribution in [1.82, 2.24) is 9.55 Å². The molecule has 0 radical (unpaired) electrons. The average Bonchev–Trinajstić information content (AvgIpc) is 2.49. The van der Waals surface area contributed by atoms with Crippen molar-refractivity contribution < 1.29 is 9.53 Å². The van der Waals surface area contributed by atoms with Gasteiger partial charge in [-0.3, -0.25) is 14.2 Å². The minimum absolute atomic E-state index is 0.0826. The van der Waals surface area contributed by atoms with Gasteiger partial charge in [0.15, 0.2) is 5.78 Å². The van der Waals surface area contributed by atoms with E-state index in [2.05, 4.69) is 11.9 Å². The molecule has 1 heterocycles. The highest BCUT2D eigenvalue weighted by Crippen LogP contribution is 2.09. The molecule has 0 aliphatic rings. The van der Waals surface area contributed by atoms with Crippen LogP contribution in [0.4, 0.5) is 0 Å². The van der Waals surface area contributed by atoms with Crippen LogP contribution in [0.15, 0.2) is 35.1 Å². The third-order valence-electron chi connectivity index (χ3n) is 3.27. The van der Waals surface area contributed by atoms with Gasteiger partial charge in [0.1, 0.15) is 0 Å². The number of hydrogen-bond acceptors (Lipinski definition) is 4. The summed E-state index contributed by atoms with van der Waals surface area (Å²) in [4.78, 5) is 28.4. The summed E-state index contributed by atoms with van der Waals surface area (Å²) in [7, 11) is 1.43. The van der Waals surface area contributed by atoms with E-state index in [4.69, 9.17) is 4.74 Å². The number of carbonyl (C=O) groups excluding carboxylic acids is 1. The van der Waals surface area contributed by atoms with Crippen LogP contribution >= 0.6 is 0 Å². The Kier molecular flexibility index (Phi) is 4.52. The highest BCUT2D eigenvalue weighted by molar-refractivity contribution is 5.96. The van der Waals surface area contributed by atoms with Crippen LogP contribution in [0.2, 0.25) is 0 Å². The monoisotopic (exact) mass is 286 g/mol. The fourth-order valence-corrected chi connectivity index (χ4v) is 2.06. The second-order valence-corrected chi connectivity index (χ2v) is 4.78. The zero-order chi connectivity index (χ0) is 15.4. The molecular weight excluding hydrogens is 268 g/mol. The van der Waals surface area contributed by atoms with E-state index in [1.54, 1.807) is 19.1 Å². The molecule has 0 bridgehead atoms. The van der Waals surface area contributed by atoms with Crippen molar-refractivity contribution in [2.24, 2.45) is 0 Å². The summed E-state index contributed by atoms with van der Waals surface area (Å²) in [5, 5.41) is 0. The zero-order valence-corrected chi connectivity index (χ0v) is 12.4. The standard InChI is InChI=1S/C16H18N2O3/c1-4-12-5-7-13(8-6-12)14(19)10-18-15(20)9-11(2)17-16(18)21-3/h5-9H,4,10H2,1-3H3. The van der Waals surface area contributed by atoms with Gasteiger partial charge in [0.25, 0.3) is 11.6 Å². The molecule has 0 amide bonds. The van der Waals surface area contributed by atoms with Crippen LogP contribution in [0.5, 0.6) is 6.01 Å². The van der Waals surface area contributed by atoms with Crippen molar-refractivity contribution in [3.8, 4) is 6.01 Å². The quantitative estimate of drug-likeness (QED) is 0.789. The SMILES string of the molecule is CCc1ccc(C(=O)Cn2c(OC)nc(C)cc2=O)cc1. The number of methoxy groups -OCH3 is 1. The largest absolute Gasteiger partial charge is 0.468 e. The molecule has 0 aliphatic carbocycles. The number of nitrogens with zero attached hydrogens (tertiary/aromatic N) is 2. The smallest absolute Gasteiger partial charge is 0.299 e. The molecule has 5 heteroatoms. The lowest BCUT2D eigenvalue weighted by molar-refractivity contribution is 0.0966. The van der Waals surface area contributed by atoms with Gasteiger partial charge in [-0.1, -0.05) is 31.2 Å². The Morgan fingerprint density at radius 2 is 1.95 bits per heavy atom. The third kappa shape index (κ3) is 3.37. The van der Waals surface area contributed by atoms with Crippen LogP contribution in [0.1, 0.15) is 28.5 Å². The molecule has 0 unspecified atom stereocenters. The Balaban J connectivity index is 2.29. The lowest BCUT2D eigenvalue weighted by Crippen LogP contribution is -2.26. The fraction of sp³-hybridized carbons (Fsp3) is 0.312. The second-order valence-electron chi connectivity index (χ2n) is 4.78. The lowest BCUT2D eigenvalue weighted by Gasteiger charge is -2.10. The molecule has 1 aromatic heterocycles. The number of aromatic nitrogens is 2. The van der Waals surface area contributed by atoms with E-state index >= 15 is 0 Å². The number of hydrogen-bond donors (Lipinski definition) is 0. The van der Waals surface area contributed by atoms with Gasteiger partial charge in [-0.15, -0.1) is 0 Å². The van der Waals surface area contributed by atoms with E-state index < -0.39 is 0 Å². The van der Waals surface area contributed by atoms with Gasteiger partial charge in [-0.2, -0.15) is 0 Å². The van der Waals surface area contributed by atoms with E-state index in [0.29, 0.717) is 11.3 Å². The lowest BCUT2D eigenvalue weighted by atomic mass is 10.1. The average molecular weight is 286 g/mol. The van der Waals surface area contributed by atoms with Crippen LogP contribution < -0.4 is 10.3 Å². The first-order chi connectivity index (χ1) is 10.0. The first kappa shape index (κ1) is 15.0. The number of benzene rings is 1. The Morgan fingerprint density at radius 3 is 2.52 bits per heavy atom. The Morgan fingerprint density at radius 1 is 1.29 bits per heavy atom. The molecular formula is C16H18N2O3. The maximum Gasteiger partial charge on any atom is 0.299 e. The summed E-state index contributed by atoms with van der Waals surface area (Å²) in [5.41, 5.74) is 2.01. The third-order valence-corrected chi connectivity index (χ3v) is 3.27. The molecule has 0 saturated carbocycles. The van der Waals surface area contributed by atoms with Gasteiger partial charge < -0.3 is 4.74 Å². The van der Waals surface area contributed by atoms with E-state index in [-0.39, 0.29) is 23.9 Å². The summed E-state index contributed by atoms with van der Waals surface area (Å²) in [6.45, 7) is 3.68. The summed E-state index contributed by atoms with van der Waals surface area (Å²) >= 11 is 0. The number of Topliss-reactive ketones (excluding diaryl/α,β-unsaturated/α-hetero) is 1. The highest BCUT2D eigenvalue weighted by atomic mass is 16.5. The molecule has 0 saturated heterocycles. The summed E-state index contributed by atoms with van der Waals surface area (Å²) in [6.07, 6.45) is 0.920. The van der Waals surface area contributed by atoms with Gasteiger partial charge >= 0.3 is 0 Å². The van der Waals surface area contributed by atoms with Crippen LogP contribution in [-0.4, -0.2) is 22.4 Å². The summed E-state index contributed by atoms with van der Waals surface area (Å²) in [6, 6.07) is 8.93. The van der Waals surface area contributed by atoms with Crippen molar-refractivity contribution in [2.45, 2.75) is 26.8 Å². The Hall–Kier alpha value is -2.43. The van der Waals surface area contributed by atoms with E-state index in [1.165, 1.54) is 23.3 Å². The molecule has 1 aromatic carbocycles. The molecule has 2 aromatic rings. The van der Waals surface area contributed by atoms with E-state index in [9.17, 15) is 9.59 Å². The molecule has 0 N–H and O–H groups in total. The van der Waals surface area contributed by atoms with Crippen molar-refractivity contribution in [3.05, 3.63) is 57.5 Å². The molecule has 110 valence electrons. The maximum atomic E-state index is 12.3. The maximum absolute atomic E-state index is 12.3. The summed E-state index contributed by atoms with van der Waals surface area (Å²) in [5.74, 6) is -0.149. The van der Waals surface area contributed by atoms with Crippen molar-refractivity contribution >= 4 is 5.78 Å². The molecule has 0 atom stereocenters. The number of ketones is 1. The number of aryl methyl sites for hydroxylation is 2. The van der Waals surface area contributed by atoms with E-state index in [1.807, 2.05) is 12.1 Å². The molecule has 21 heavy (non-hydrogen) atoms. The van der Waals surface area contributed by atoms with Crippen LogP contribution in [0, 0.1) is 6.92 Å². The molecule has 2 rings (SSSR count). The summed E-state index contributed by atoms with van der Waals surface area (Å²) < 4.78 is 6.32. The van der Waals surface area contributed by atoms with Crippen LogP contribution in [0.3, 0.4) is 0 Å². The van der Waals surface area contributed by atoms with Crippen LogP contribution in [0.25, 0.3) is 0 Å². The topological polar surface area (TPSA) is 61.2 Å². The minimum atomic E-state index is -0.294. The van der Waals surface area contributed by atoms with Gasteiger partial charge in [-0.25, -0.2) is 4.98 Å². The molecule has 5 nitrogen and oxygen atoms in total. The predicted octanol–water partition coefficient (Wildman–Crippen LogP) is 2.01. The first-order valence-corrected chi connectivity index (χ1v) is 6.79. The van der Waals surface area contributed by atoms with Gasteiger partial charge in [0, 0.05) is 17.3 Å². The second kappa shape index (κ2) is 6.35. The van der Waals surface area contributed by atoms with Crippen molar-refractivity contribution in [3.63, 3.8) is 0 Å². The van der Waals surface area contributed by atoms with Crippen molar-refractivity contribution in [2.75, 3.05) is 7.11 Å². The number of rotatable bonds is 5. The highest BCUT2D eigenvalue weighted by Gasteiger charge is 2.13. The first-order valence-electron chi connectivity index (χ1n) is 6.79.